The first-order valence-corrected chi connectivity index (χ1v) is 10.3. The van der Waals surface area contributed by atoms with Gasteiger partial charge in [0.15, 0.2) is 11.6 Å². The lowest BCUT2D eigenvalue weighted by molar-refractivity contribution is -0.150. The van der Waals surface area contributed by atoms with Crippen molar-refractivity contribution in [2.24, 2.45) is 5.41 Å². The molecule has 8 heteroatoms. The van der Waals surface area contributed by atoms with Crippen molar-refractivity contribution in [1.29, 1.82) is 0 Å². The Hall–Kier alpha value is -3.16. The van der Waals surface area contributed by atoms with Crippen molar-refractivity contribution in [3.63, 3.8) is 0 Å². The summed E-state index contributed by atoms with van der Waals surface area (Å²) in [5.74, 6) is 0.744. The maximum absolute atomic E-state index is 12.8. The molecule has 2 aromatic heterocycles. The van der Waals surface area contributed by atoms with Gasteiger partial charge >= 0.3 is 5.97 Å². The summed E-state index contributed by atoms with van der Waals surface area (Å²) < 4.78 is 13.2. The van der Waals surface area contributed by atoms with Gasteiger partial charge in [0.05, 0.1) is 29.3 Å². The summed E-state index contributed by atoms with van der Waals surface area (Å²) in [6.45, 7) is 5.10. The normalized spacial score (nSPS) is 20.8. The number of rotatable bonds is 3. The number of aryl methyl sites for hydroxylation is 2. The summed E-state index contributed by atoms with van der Waals surface area (Å²) in [4.78, 5) is 36.0. The fraction of sp³-hybridized carbons (Fsp3) is 0.455. The molecule has 0 N–H and O–H groups in total. The molecule has 1 unspecified atom stereocenters. The smallest absolute Gasteiger partial charge is 0.312 e. The van der Waals surface area contributed by atoms with Gasteiger partial charge in [0.25, 0.3) is 5.91 Å². The third-order valence-electron chi connectivity index (χ3n) is 6.37. The van der Waals surface area contributed by atoms with E-state index >= 15 is 0 Å². The predicted molar refractivity (Wildman–Crippen MR) is 108 cm³/mol. The van der Waals surface area contributed by atoms with Crippen LogP contribution < -0.4 is 0 Å². The van der Waals surface area contributed by atoms with Crippen LogP contribution in [0.1, 0.15) is 41.4 Å². The minimum atomic E-state index is -0.507. The fourth-order valence-electron chi connectivity index (χ4n) is 4.74. The molecule has 0 bridgehead atoms. The number of carbonyl (C=O) groups is 2. The number of esters is 1. The number of cyclic esters (lactones) is 1. The number of benzene rings is 1. The van der Waals surface area contributed by atoms with Crippen molar-refractivity contribution in [1.82, 2.24) is 19.4 Å². The molecule has 1 amide bonds. The lowest BCUT2D eigenvalue weighted by atomic mass is 9.76. The molecular formula is C22H24N4O4. The fourth-order valence-corrected chi connectivity index (χ4v) is 4.74. The van der Waals surface area contributed by atoms with Crippen LogP contribution in [0.5, 0.6) is 0 Å². The van der Waals surface area contributed by atoms with E-state index in [1.165, 1.54) is 0 Å². The molecule has 0 saturated carbocycles. The first-order valence-electron chi connectivity index (χ1n) is 10.3. The van der Waals surface area contributed by atoms with E-state index in [0.717, 1.165) is 11.0 Å². The molecule has 2 aliphatic heterocycles. The van der Waals surface area contributed by atoms with E-state index in [-0.39, 0.29) is 18.0 Å². The SMILES string of the molecule is Cc1nc(C(=O)N2CCC3(CC2)CC(Cn2cnc4ccccc42)OC3=O)c(C)o1. The van der Waals surface area contributed by atoms with Crippen molar-refractivity contribution >= 4 is 22.9 Å². The Morgan fingerprint density at radius 3 is 2.73 bits per heavy atom. The van der Waals surface area contributed by atoms with Gasteiger partial charge in [-0.15, -0.1) is 0 Å². The molecule has 2 saturated heterocycles. The van der Waals surface area contributed by atoms with Crippen molar-refractivity contribution < 1.29 is 18.7 Å². The second-order valence-corrected chi connectivity index (χ2v) is 8.33. The van der Waals surface area contributed by atoms with Crippen LogP contribution in [-0.2, 0) is 16.1 Å². The van der Waals surface area contributed by atoms with Gasteiger partial charge in [0.2, 0.25) is 0 Å². The summed E-state index contributed by atoms with van der Waals surface area (Å²) in [5.41, 5.74) is 1.82. The summed E-state index contributed by atoms with van der Waals surface area (Å²) in [5, 5.41) is 0. The quantitative estimate of drug-likeness (QED) is 0.619. The number of hydrogen-bond donors (Lipinski definition) is 0. The number of nitrogens with zero attached hydrogens (tertiary/aromatic N) is 4. The van der Waals surface area contributed by atoms with Crippen LogP contribution in [0.25, 0.3) is 11.0 Å². The molecule has 2 fully saturated rings. The molecule has 156 valence electrons. The number of hydrogen-bond acceptors (Lipinski definition) is 6. The highest BCUT2D eigenvalue weighted by atomic mass is 16.6. The largest absolute Gasteiger partial charge is 0.460 e. The van der Waals surface area contributed by atoms with Crippen molar-refractivity contribution in [3.05, 3.63) is 47.9 Å². The molecule has 0 aliphatic carbocycles. The number of carbonyl (C=O) groups excluding carboxylic acids is 2. The molecule has 4 heterocycles. The van der Waals surface area contributed by atoms with Crippen LogP contribution in [0.4, 0.5) is 0 Å². The number of aromatic nitrogens is 3. The molecule has 0 radical (unpaired) electrons. The molecule has 30 heavy (non-hydrogen) atoms. The topological polar surface area (TPSA) is 90.5 Å². The zero-order valence-corrected chi connectivity index (χ0v) is 17.1. The number of oxazole rings is 1. The average molecular weight is 408 g/mol. The van der Waals surface area contributed by atoms with Gasteiger partial charge in [-0.05, 0) is 31.9 Å². The first-order chi connectivity index (χ1) is 14.4. The standard InChI is InChI=1S/C22H24N4O4/c1-14-19(24-15(2)29-14)20(27)25-9-7-22(8-10-25)11-16(30-21(22)28)12-26-13-23-17-5-3-4-6-18(17)26/h3-6,13,16H,7-12H2,1-2H3. The first kappa shape index (κ1) is 18.8. The van der Waals surface area contributed by atoms with Crippen molar-refractivity contribution in [2.75, 3.05) is 13.1 Å². The van der Waals surface area contributed by atoms with E-state index in [2.05, 4.69) is 9.97 Å². The second kappa shape index (κ2) is 6.97. The molecule has 1 atom stereocenters. The highest BCUT2D eigenvalue weighted by molar-refractivity contribution is 5.93. The molecule has 1 aromatic carbocycles. The number of para-hydroxylation sites is 2. The highest BCUT2D eigenvalue weighted by Gasteiger charge is 2.51. The Morgan fingerprint density at radius 1 is 1.23 bits per heavy atom. The summed E-state index contributed by atoms with van der Waals surface area (Å²) >= 11 is 0. The Bertz CT molecular complexity index is 1120. The lowest BCUT2D eigenvalue weighted by Gasteiger charge is -2.36. The Labute approximate surface area is 173 Å². The summed E-state index contributed by atoms with van der Waals surface area (Å²) in [6, 6.07) is 7.93. The lowest BCUT2D eigenvalue weighted by Crippen LogP contribution is -2.45. The minimum absolute atomic E-state index is 0.132. The summed E-state index contributed by atoms with van der Waals surface area (Å²) in [7, 11) is 0. The van der Waals surface area contributed by atoms with E-state index in [1.807, 2.05) is 28.8 Å². The van der Waals surface area contributed by atoms with Gasteiger partial charge < -0.3 is 18.6 Å². The van der Waals surface area contributed by atoms with E-state index in [9.17, 15) is 9.59 Å². The number of piperidine rings is 1. The number of ether oxygens (including phenoxy) is 1. The average Bonchev–Trinajstić information content (AvgIpc) is 3.38. The van der Waals surface area contributed by atoms with Crippen molar-refractivity contribution in [2.45, 2.75) is 45.8 Å². The van der Waals surface area contributed by atoms with Crippen molar-refractivity contribution in [3.8, 4) is 0 Å². The molecule has 1 spiro atoms. The summed E-state index contributed by atoms with van der Waals surface area (Å²) in [6.07, 6.45) is 3.50. The van der Waals surface area contributed by atoms with E-state index in [4.69, 9.17) is 9.15 Å². The van der Waals surface area contributed by atoms with E-state index < -0.39 is 5.41 Å². The molecular weight excluding hydrogens is 384 g/mol. The van der Waals surface area contributed by atoms with Crippen LogP contribution in [0.15, 0.2) is 35.0 Å². The molecule has 5 rings (SSSR count). The van der Waals surface area contributed by atoms with Gasteiger partial charge in [-0.3, -0.25) is 9.59 Å². The van der Waals surface area contributed by atoms with Gasteiger partial charge in [-0.2, -0.15) is 0 Å². The van der Waals surface area contributed by atoms with Crippen LogP contribution >= 0.6 is 0 Å². The van der Waals surface area contributed by atoms with Crippen LogP contribution in [0.2, 0.25) is 0 Å². The molecule has 2 aliphatic rings. The zero-order chi connectivity index (χ0) is 20.9. The monoisotopic (exact) mass is 408 g/mol. The number of fused-ring (bicyclic) bond motifs is 1. The van der Waals surface area contributed by atoms with Gasteiger partial charge in [0.1, 0.15) is 11.9 Å². The van der Waals surface area contributed by atoms with Gasteiger partial charge in [-0.1, -0.05) is 12.1 Å². The Balaban J connectivity index is 1.26. The van der Waals surface area contributed by atoms with E-state index in [1.54, 1.807) is 25.1 Å². The third kappa shape index (κ3) is 3.07. The molecule has 8 nitrogen and oxygen atoms in total. The number of imidazole rings is 1. The van der Waals surface area contributed by atoms with Crippen LogP contribution in [-0.4, -0.2) is 50.5 Å². The highest BCUT2D eigenvalue weighted by Crippen LogP contribution is 2.43. The van der Waals surface area contributed by atoms with Crippen LogP contribution in [0, 0.1) is 19.3 Å². The van der Waals surface area contributed by atoms with Gasteiger partial charge in [-0.25, -0.2) is 9.97 Å². The number of amides is 1. The van der Waals surface area contributed by atoms with Gasteiger partial charge in [0, 0.05) is 26.4 Å². The molecule has 3 aromatic rings. The number of likely N-dealkylation sites (tertiary alicyclic amines) is 1. The maximum atomic E-state index is 12.8. The maximum Gasteiger partial charge on any atom is 0.312 e. The zero-order valence-electron chi connectivity index (χ0n) is 17.1. The third-order valence-corrected chi connectivity index (χ3v) is 6.37. The minimum Gasteiger partial charge on any atom is -0.460 e. The predicted octanol–water partition coefficient (Wildman–Crippen LogP) is 2.88. The van der Waals surface area contributed by atoms with Crippen LogP contribution in [0.3, 0.4) is 0 Å². The Kier molecular flexibility index (Phi) is 4.38. The Morgan fingerprint density at radius 2 is 2.00 bits per heavy atom. The van der Waals surface area contributed by atoms with E-state index in [0.29, 0.717) is 56.2 Å². The second-order valence-electron chi connectivity index (χ2n) is 8.33.